The fraction of sp³-hybridized carbons (Fsp3) is 0.276. The van der Waals surface area contributed by atoms with Crippen LogP contribution in [-0.2, 0) is 35.2 Å². The van der Waals surface area contributed by atoms with E-state index in [1.807, 2.05) is 187 Å². The zero-order valence-electron chi connectivity index (χ0n) is 71.9. The molecule has 20 heteroatoms. The van der Waals surface area contributed by atoms with Gasteiger partial charge in [0, 0.05) is 113 Å². The number of anilines is 9. The predicted octanol–water partition coefficient (Wildman–Crippen LogP) is 23.0. The molecule has 0 bridgehead atoms. The van der Waals surface area contributed by atoms with Crippen molar-refractivity contribution in [1.82, 2.24) is 9.97 Å². The van der Waals surface area contributed by atoms with Gasteiger partial charge in [0.1, 0.15) is 11.6 Å². The van der Waals surface area contributed by atoms with Crippen LogP contribution in [0.5, 0.6) is 0 Å². The summed E-state index contributed by atoms with van der Waals surface area (Å²) in [5.41, 5.74) is 20.8. The second-order valence-corrected chi connectivity index (χ2v) is 33.6. The van der Waals surface area contributed by atoms with Crippen molar-refractivity contribution in [3.8, 4) is 0 Å². The standard InChI is InChI=1S/C21H26N2O.C18H20N2O.C17H17FN2O.C17H18N2O.C16H15ClN2O.C16H14FNO/c1-3-4-5-15-6-8-16(9-7-15)19-14-20(19)21(24)23-18-12-10-17(22-2)11-13-18;1-12-3-5-13(6-4-12)16-11-17(16)18(21)20-15-9-7-14(19-2)8-10-15;1-19-13-6-8-14(9-7-13)20-17(21)16-10-15(16)11-2-4-12(18)5-3-11;1-11-3-6-13(7-4-11)15-9-16(15)17(20)19-14-8-5-12(2)18-10-14;1-10-2-7-13(9-18-10)19-16(20)15-8-14(15)11-3-5-12(17)6-4-11;17-12-8-6-11(7-9-12)14-10-15(14)16(19)18-13-4-2-1-3-5-13/h6-13,19-20,22H,3-5,14H2,1-2H3,(H,23,24);3-10,16-17,19H,11H2,1-2H3,(H,20,21);2-9,15-16,19H,10H2,1H3,(H,20,21);3-8,10,15-16H,9H2,1-2H3,(H,19,20);2-7,9,14-15H,8H2,1H3,(H,19,20);1-9,14-15H,10H2,(H,18,19). The summed E-state index contributed by atoms with van der Waals surface area (Å²) < 4.78 is 25.7. The molecule has 10 aromatic carbocycles. The molecule has 6 aliphatic rings. The van der Waals surface area contributed by atoms with Crippen LogP contribution in [-0.4, -0.2) is 66.6 Å². The fourth-order valence-corrected chi connectivity index (χ4v) is 15.5. The zero-order valence-corrected chi connectivity index (χ0v) is 72.7. The van der Waals surface area contributed by atoms with Crippen LogP contribution in [0.2, 0.25) is 5.02 Å². The third-order valence-electron chi connectivity index (χ3n) is 23.6. The normalized spacial score (nSPS) is 20.1. The maximum absolute atomic E-state index is 12.9. The molecular formula is C105H110ClF2N11O6. The maximum atomic E-state index is 12.9. The number of pyridine rings is 2. The first kappa shape index (κ1) is 89.6. The van der Waals surface area contributed by atoms with Crippen LogP contribution in [0.4, 0.5) is 60.0 Å². The maximum Gasteiger partial charge on any atom is 0.228 e. The van der Waals surface area contributed by atoms with E-state index < -0.39 is 0 Å². The number of carbonyl (C=O) groups excluding carboxylic acids is 6. The Morgan fingerprint density at radius 1 is 0.304 bits per heavy atom. The SMILES string of the molecule is CCCCc1ccc(C2CC2C(=O)Nc2ccc(NC)cc2)cc1.CNc1ccc(NC(=O)C2CC2c2ccc(C)cc2)cc1.CNc1ccc(NC(=O)C2CC2c2ccc(F)cc2)cc1.Cc1ccc(C2CC2C(=O)Nc2ccc(C)nc2)cc1.Cc1ccc(NC(=O)C2CC2c2ccc(Cl)cc2)cn1.O=C(Nc1ccccc1)C1CC1c1ccc(F)cc1. The van der Waals surface area contributed by atoms with Gasteiger partial charge >= 0.3 is 0 Å². The van der Waals surface area contributed by atoms with Crippen LogP contribution >= 0.6 is 11.6 Å². The van der Waals surface area contributed by atoms with Gasteiger partial charge in [0.25, 0.3) is 0 Å². The second-order valence-electron chi connectivity index (χ2n) is 33.2. The minimum Gasteiger partial charge on any atom is -0.388 e. The van der Waals surface area contributed by atoms with Gasteiger partial charge in [0.2, 0.25) is 35.4 Å². The van der Waals surface area contributed by atoms with Crippen LogP contribution in [0.3, 0.4) is 0 Å². The van der Waals surface area contributed by atoms with E-state index in [9.17, 15) is 37.5 Å². The van der Waals surface area contributed by atoms with Gasteiger partial charge in [0.05, 0.1) is 23.8 Å². The summed E-state index contributed by atoms with van der Waals surface area (Å²) in [6.45, 7) is 10.2. The molecule has 642 valence electrons. The lowest BCUT2D eigenvalue weighted by atomic mass is 10.0. The molecule has 12 aromatic rings. The molecule has 12 unspecified atom stereocenters. The van der Waals surface area contributed by atoms with Crippen molar-refractivity contribution in [3.63, 3.8) is 0 Å². The lowest BCUT2D eigenvalue weighted by molar-refractivity contribution is -0.118. The molecule has 9 N–H and O–H groups in total. The minimum atomic E-state index is -0.245. The minimum absolute atomic E-state index is 0.00525. The van der Waals surface area contributed by atoms with Gasteiger partial charge in [0.15, 0.2) is 0 Å². The first-order valence-corrected chi connectivity index (χ1v) is 43.5. The van der Waals surface area contributed by atoms with E-state index >= 15 is 0 Å². The zero-order chi connectivity index (χ0) is 88.0. The largest absolute Gasteiger partial charge is 0.388 e. The Kier molecular flexibility index (Phi) is 30.7. The molecule has 17 nitrogen and oxygen atoms in total. The van der Waals surface area contributed by atoms with Crippen LogP contribution in [0.25, 0.3) is 0 Å². The van der Waals surface area contributed by atoms with E-state index in [1.54, 1.807) is 36.7 Å². The van der Waals surface area contributed by atoms with E-state index in [0.29, 0.717) is 23.7 Å². The summed E-state index contributed by atoms with van der Waals surface area (Å²) >= 11 is 5.87. The monoisotopic (exact) mass is 1690 g/mol. The number of nitrogens with one attached hydrogen (secondary N) is 9. The lowest BCUT2D eigenvalue weighted by Crippen LogP contribution is -2.14. The topological polar surface area (TPSA) is 236 Å². The third-order valence-corrected chi connectivity index (χ3v) is 23.9. The van der Waals surface area contributed by atoms with E-state index in [-0.39, 0.29) is 94.4 Å². The lowest BCUT2D eigenvalue weighted by Gasteiger charge is -2.07. The molecular weight excluding hydrogens is 1580 g/mol. The van der Waals surface area contributed by atoms with Crippen molar-refractivity contribution >= 4 is 98.2 Å². The van der Waals surface area contributed by atoms with Gasteiger partial charge in [-0.25, -0.2) is 8.78 Å². The molecule has 2 heterocycles. The van der Waals surface area contributed by atoms with Crippen molar-refractivity contribution in [2.75, 3.05) is 69.0 Å². The Hall–Kier alpha value is -13.1. The Bertz CT molecular complexity index is 5330. The first-order chi connectivity index (χ1) is 60.5. The van der Waals surface area contributed by atoms with Gasteiger partial charge in [-0.3, -0.25) is 38.7 Å². The number of hydrogen-bond acceptors (Lipinski definition) is 11. The van der Waals surface area contributed by atoms with Gasteiger partial charge in [-0.05, 0) is 299 Å². The molecule has 6 aliphatic carbocycles. The molecule has 6 fully saturated rings. The second kappa shape index (κ2) is 42.8. The van der Waals surface area contributed by atoms with Crippen molar-refractivity contribution in [2.45, 2.75) is 128 Å². The summed E-state index contributed by atoms with van der Waals surface area (Å²) in [6.07, 6.45) is 12.4. The van der Waals surface area contributed by atoms with E-state index in [2.05, 4.69) is 151 Å². The van der Waals surface area contributed by atoms with Crippen LogP contribution < -0.4 is 47.9 Å². The molecule has 2 aromatic heterocycles. The van der Waals surface area contributed by atoms with E-state index in [0.717, 1.165) is 124 Å². The Labute approximate surface area is 737 Å². The molecule has 0 saturated heterocycles. The van der Waals surface area contributed by atoms with E-state index in [1.165, 1.54) is 76.1 Å². The molecule has 0 spiro atoms. The molecule has 0 radical (unpaired) electrons. The Morgan fingerprint density at radius 2 is 0.544 bits per heavy atom. The summed E-state index contributed by atoms with van der Waals surface area (Å²) in [6, 6.07) is 86.4. The third kappa shape index (κ3) is 26.5. The molecule has 6 amide bonds. The molecule has 12 atom stereocenters. The number of hydrogen-bond donors (Lipinski definition) is 9. The predicted molar refractivity (Wildman–Crippen MR) is 501 cm³/mol. The van der Waals surface area contributed by atoms with Crippen molar-refractivity contribution in [3.05, 3.63) is 363 Å². The number of amides is 6. The quantitative estimate of drug-likeness (QED) is 0.0276. The number of unbranched alkanes of at least 4 members (excludes halogenated alkanes) is 1. The Morgan fingerprint density at radius 3 is 0.808 bits per heavy atom. The molecule has 6 saturated carbocycles. The number of nitrogens with zero attached hydrogens (tertiary/aromatic N) is 2. The highest BCUT2D eigenvalue weighted by atomic mass is 35.5. The molecule has 0 aliphatic heterocycles. The fourth-order valence-electron chi connectivity index (χ4n) is 15.4. The summed E-state index contributed by atoms with van der Waals surface area (Å²) in [7, 11) is 5.62. The first-order valence-electron chi connectivity index (χ1n) is 43.1. The number of rotatable bonds is 24. The number of aryl methyl sites for hydroxylation is 5. The van der Waals surface area contributed by atoms with Gasteiger partial charge < -0.3 is 47.9 Å². The van der Waals surface area contributed by atoms with Gasteiger partial charge in [-0.1, -0.05) is 163 Å². The average Bonchev–Trinajstić information content (AvgIpc) is 1.67. The molecule has 18 rings (SSSR count). The Balaban J connectivity index is 0.000000129. The highest BCUT2D eigenvalue weighted by Gasteiger charge is 2.48. The number of para-hydroxylation sites is 1. The number of halogens is 3. The summed E-state index contributed by atoms with van der Waals surface area (Å²) in [5.74, 6) is 2.23. The summed E-state index contributed by atoms with van der Waals surface area (Å²) in [5, 5.41) is 27.6. The van der Waals surface area contributed by atoms with Crippen LogP contribution in [0, 0.1) is 74.8 Å². The van der Waals surface area contributed by atoms with Crippen LogP contribution in [0.15, 0.2) is 285 Å². The summed E-state index contributed by atoms with van der Waals surface area (Å²) in [4.78, 5) is 81.5. The smallest absolute Gasteiger partial charge is 0.228 e. The number of benzene rings is 10. The molecule has 125 heavy (non-hydrogen) atoms. The average molecular weight is 1700 g/mol. The van der Waals surface area contributed by atoms with Crippen molar-refractivity contribution < 1.29 is 37.5 Å². The van der Waals surface area contributed by atoms with E-state index in [4.69, 9.17) is 11.6 Å². The van der Waals surface area contributed by atoms with Crippen molar-refractivity contribution in [2.24, 2.45) is 35.5 Å². The van der Waals surface area contributed by atoms with Crippen molar-refractivity contribution in [1.29, 1.82) is 0 Å². The number of aromatic nitrogens is 2. The highest BCUT2D eigenvalue weighted by Crippen LogP contribution is 2.53. The van der Waals surface area contributed by atoms with Crippen LogP contribution in [0.1, 0.15) is 155 Å². The highest BCUT2D eigenvalue weighted by molar-refractivity contribution is 6.30. The number of carbonyl (C=O) groups is 6. The van der Waals surface area contributed by atoms with Gasteiger partial charge in [-0.15, -0.1) is 0 Å². The van der Waals surface area contributed by atoms with Gasteiger partial charge in [-0.2, -0.15) is 0 Å².